The Kier molecular flexibility index (Phi) is 12.0. The van der Waals surface area contributed by atoms with Crippen molar-refractivity contribution in [2.45, 2.75) is 72.4 Å². The van der Waals surface area contributed by atoms with Crippen LogP contribution in [0.4, 0.5) is 0 Å². The minimum atomic E-state index is -3.81. The van der Waals surface area contributed by atoms with Crippen LogP contribution in [0.5, 0.6) is 0 Å². The molecule has 0 saturated carbocycles. The van der Waals surface area contributed by atoms with Gasteiger partial charge in [-0.3, -0.25) is 0 Å². The molecule has 0 heterocycles. The smallest absolute Gasteiger partial charge is 0.241 e. The van der Waals surface area contributed by atoms with Gasteiger partial charge in [0.15, 0.2) is 0 Å². The summed E-state index contributed by atoms with van der Waals surface area (Å²) in [6.45, 7) is 16.1. The molecule has 0 radical (unpaired) electrons. The van der Waals surface area contributed by atoms with Gasteiger partial charge in [0.05, 0.1) is 17.0 Å². The van der Waals surface area contributed by atoms with Gasteiger partial charge in [0, 0.05) is 19.5 Å². The van der Waals surface area contributed by atoms with E-state index in [1.807, 2.05) is 95.3 Å². The van der Waals surface area contributed by atoms with Crippen molar-refractivity contribution < 1.29 is 27.9 Å². The number of nitrogens with one attached hydrogen (secondary N) is 1. The quantitative estimate of drug-likeness (QED) is 0.213. The fraction of sp³-hybridized carbons (Fsp3) is 0.294. The van der Waals surface area contributed by atoms with Crippen molar-refractivity contribution >= 4 is 10.0 Å². The Morgan fingerprint density at radius 3 is 1.32 bits per heavy atom. The standard InChI is InChI=1S/C25H30N2O2S.C9H12.Ru/c1-16-17(2)19(4)25(20(5)18(16)3)30(28,29)27-24(22-14-10-7-11-15-22)23(26)21-12-8-6-9-13-21;1-7-4-8(2)6-9(3)5-7;/h6-15,23-24,27H,26H2,1-5H3;4-6H,1-3H3;/t23-,24-;;/m0../s1. The van der Waals surface area contributed by atoms with Crippen molar-refractivity contribution in [2.75, 3.05) is 0 Å². The number of hydrogen-bond acceptors (Lipinski definition) is 3. The summed E-state index contributed by atoms with van der Waals surface area (Å²) in [4.78, 5) is 0.351. The van der Waals surface area contributed by atoms with E-state index in [2.05, 4.69) is 43.7 Å². The Morgan fingerprint density at radius 1 is 0.575 bits per heavy atom. The minimum Gasteiger partial charge on any atom is -0.322 e. The number of nitrogens with two attached hydrogens (primary N) is 1. The van der Waals surface area contributed by atoms with Crippen LogP contribution in [-0.4, -0.2) is 8.42 Å². The van der Waals surface area contributed by atoms with Crippen LogP contribution in [0, 0.1) is 55.4 Å². The summed E-state index contributed by atoms with van der Waals surface area (Å²) >= 11 is 0. The summed E-state index contributed by atoms with van der Waals surface area (Å²) in [5.74, 6) is 0. The maximum atomic E-state index is 13.6. The van der Waals surface area contributed by atoms with Gasteiger partial charge < -0.3 is 5.73 Å². The molecule has 214 valence electrons. The van der Waals surface area contributed by atoms with Crippen LogP contribution < -0.4 is 10.5 Å². The van der Waals surface area contributed by atoms with Crippen LogP contribution in [0.15, 0.2) is 83.8 Å². The van der Waals surface area contributed by atoms with Gasteiger partial charge >= 0.3 is 0 Å². The van der Waals surface area contributed by atoms with Crippen LogP contribution in [0.1, 0.15) is 67.7 Å². The molecule has 0 amide bonds. The van der Waals surface area contributed by atoms with Gasteiger partial charge in [-0.05, 0) is 94.3 Å². The monoisotopic (exact) mass is 644 g/mol. The maximum Gasteiger partial charge on any atom is 0.241 e. The zero-order chi connectivity index (χ0) is 28.9. The molecule has 0 bridgehead atoms. The molecule has 0 aromatic heterocycles. The molecule has 4 rings (SSSR count). The first-order valence-electron chi connectivity index (χ1n) is 13.3. The molecule has 6 heteroatoms. The molecule has 0 fully saturated rings. The van der Waals surface area contributed by atoms with E-state index in [0.29, 0.717) is 4.90 Å². The van der Waals surface area contributed by atoms with Crippen LogP contribution in [0.2, 0.25) is 0 Å². The molecule has 0 saturated heterocycles. The molecule has 0 unspecified atom stereocenters. The van der Waals surface area contributed by atoms with Crippen LogP contribution in [-0.2, 0) is 29.5 Å². The molecule has 0 spiro atoms. The Morgan fingerprint density at radius 2 is 0.925 bits per heavy atom. The summed E-state index contributed by atoms with van der Waals surface area (Å²) in [7, 11) is -3.81. The Hall–Kier alpha value is -2.63. The SMILES string of the molecule is Cc1c(C)c(C)c(S(=O)(=O)N[C@@H](c2ccccc2)[C@@H](N)c2ccccc2)c(C)c1C.Cc1cc(C)cc(C)c1.[Ru]. The summed E-state index contributed by atoms with van der Waals surface area (Å²) in [5, 5.41) is 0. The summed E-state index contributed by atoms with van der Waals surface area (Å²) in [6, 6.07) is 24.5. The first kappa shape index (κ1) is 33.6. The third-order valence-electron chi connectivity index (χ3n) is 7.55. The fourth-order valence-electron chi connectivity index (χ4n) is 5.17. The predicted octanol–water partition coefficient (Wildman–Crippen LogP) is 7.56. The van der Waals surface area contributed by atoms with Gasteiger partial charge in [-0.15, -0.1) is 0 Å². The van der Waals surface area contributed by atoms with Crippen molar-refractivity contribution in [3.8, 4) is 0 Å². The molecular formula is C34H42N2O2RuS. The normalized spacial score (nSPS) is 12.5. The molecule has 0 aliphatic heterocycles. The van der Waals surface area contributed by atoms with E-state index in [1.165, 1.54) is 16.7 Å². The van der Waals surface area contributed by atoms with Gasteiger partial charge in [0.2, 0.25) is 10.0 Å². The molecule has 4 aromatic carbocycles. The first-order chi connectivity index (χ1) is 18.3. The van der Waals surface area contributed by atoms with Crippen LogP contribution in [0.3, 0.4) is 0 Å². The van der Waals surface area contributed by atoms with Gasteiger partial charge in [0.25, 0.3) is 0 Å². The molecule has 0 aliphatic rings. The summed E-state index contributed by atoms with van der Waals surface area (Å²) in [6.07, 6.45) is 0. The van der Waals surface area contributed by atoms with E-state index >= 15 is 0 Å². The zero-order valence-corrected chi connectivity index (χ0v) is 27.4. The number of benzene rings is 4. The van der Waals surface area contributed by atoms with Gasteiger partial charge in [-0.25, -0.2) is 13.1 Å². The van der Waals surface area contributed by atoms with Crippen molar-refractivity contribution in [3.63, 3.8) is 0 Å². The topological polar surface area (TPSA) is 72.2 Å². The van der Waals surface area contributed by atoms with E-state index in [-0.39, 0.29) is 19.5 Å². The third kappa shape index (κ3) is 7.98. The Balaban J connectivity index is 0.000000477. The van der Waals surface area contributed by atoms with E-state index in [9.17, 15) is 8.42 Å². The summed E-state index contributed by atoms with van der Waals surface area (Å²) in [5.41, 5.74) is 17.0. The average Bonchev–Trinajstić information content (AvgIpc) is 2.89. The van der Waals surface area contributed by atoms with Crippen molar-refractivity contribution in [1.82, 2.24) is 4.72 Å². The molecule has 4 nitrogen and oxygen atoms in total. The molecule has 2 atom stereocenters. The van der Waals surface area contributed by atoms with Crippen molar-refractivity contribution in [1.29, 1.82) is 0 Å². The number of sulfonamides is 1. The Bertz CT molecular complexity index is 1460. The zero-order valence-electron chi connectivity index (χ0n) is 24.8. The molecule has 3 N–H and O–H groups in total. The average molecular weight is 644 g/mol. The molecule has 4 aromatic rings. The van der Waals surface area contributed by atoms with Gasteiger partial charge in [0.1, 0.15) is 0 Å². The number of rotatable bonds is 6. The maximum absolute atomic E-state index is 13.6. The summed E-state index contributed by atoms with van der Waals surface area (Å²) < 4.78 is 30.2. The molecule has 0 aliphatic carbocycles. The van der Waals surface area contributed by atoms with Crippen molar-refractivity contribution in [2.24, 2.45) is 5.73 Å². The van der Waals surface area contributed by atoms with Crippen LogP contribution >= 0.6 is 0 Å². The van der Waals surface area contributed by atoms with E-state index in [4.69, 9.17) is 5.73 Å². The van der Waals surface area contributed by atoms with E-state index in [0.717, 1.165) is 38.9 Å². The molecule has 40 heavy (non-hydrogen) atoms. The second-order valence-electron chi connectivity index (χ2n) is 10.6. The number of aryl methyl sites for hydroxylation is 3. The van der Waals surface area contributed by atoms with Gasteiger partial charge in [-0.1, -0.05) is 95.6 Å². The second-order valence-corrected chi connectivity index (χ2v) is 12.2. The van der Waals surface area contributed by atoms with E-state index < -0.39 is 22.1 Å². The van der Waals surface area contributed by atoms with Gasteiger partial charge in [-0.2, -0.15) is 0 Å². The molecular weight excluding hydrogens is 602 g/mol. The second kappa shape index (κ2) is 14.3. The third-order valence-corrected chi connectivity index (χ3v) is 9.26. The van der Waals surface area contributed by atoms with Crippen molar-refractivity contribution in [3.05, 3.63) is 134 Å². The minimum absolute atomic E-state index is 0. The largest absolute Gasteiger partial charge is 0.322 e. The first-order valence-corrected chi connectivity index (χ1v) is 14.8. The van der Waals surface area contributed by atoms with E-state index in [1.54, 1.807) is 0 Å². The predicted molar refractivity (Wildman–Crippen MR) is 164 cm³/mol. The fourth-order valence-corrected chi connectivity index (χ4v) is 7.02. The number of hydrogen-bond donors (Lipinski definition) is 2. The Labute approximate surface area is 254 Å². The van der Waals surface area contributed by atoms with Crippen LogP contribution in [0.25, 0.3) is 0 Å².